The van der Waals surface area contributed by atoms with E-state index in [1.54, 1.807) is 7.11 Å². The molecule has 2 heterocycles. The van der Waals surface area contributed by atoms with Gasteiger partial charge >= 0.3 is 0 Å². The Bertz CT molecular complexity index is 506. The highest BCUT2D eigenvalue weighted by Crippen LogP contribution is 2.47. The largest absolute Gasteiger partial charge is 0.382 e. The highest BCUT2D eigenvalue weighted by atomic mass is 16.5. The van der Waals surface area contributed by atoms with Crippen LogP contribution in [0.2, 0.25) is 0 Å². The van der Waals surface area contributed by atoms with E-state index in [-0.39, 0.29) is 5.54 Å². The second-order valence-corrected chi connectivity index (χ2v) is 9.56. The average Bonchev–Trinajstić information content (AvgIpc) is 2.76. The number of nitrogens with zero attached hydrogens (tertiary/aromatic N) is 2. The number of carbonyl (C=O) groups excluding carboxylic acids is 1. The van der Waals surface area contributed by atoms with Crippen molar-refractivity contribution in [2.75, 3.05) is 40.0 Å². The summed E-state index contributed by atoms with van der Waals surface area (Å²) >= 11 is 0. The Balaban J connectivity index is 1.31. The zero-order chi connectivity index (χ0) is 19.4. The molecule has 0 aromatic carbocycles. The molecule has 2 saturated heterocycles. The van der Waals surface area contributed by atoms with Crippen LogP contribution in [0.15, 0.2) is 0 Å². The van der Waals surface area contributed by atoms with E-state index in [0.29, 0.717) is 37.2 Å². The standard InChI is InChI=1S/C23H40N2O3/c1-27-16-17-28-21-18-25(23(21)12-6-3-7-13-23)20-10-14-24(15-11-20)22(26)19-8-4-2-5-9-19/h19-21H,2-18H2,1H3. The lowest BCUT2D eigenvalue weighted by Gasteiger charge is -2.63. The van der Waals surface area contributed by atoms with Gasteiger partial charge in [-0.25, -0.2) is 0 Å². The third-order valence-corrected chi connectivity index (χ3v) is 8.03. The number of hydrogen-bond acceptors (Lipinski definition) is 4. The Kier molecular flexibility index (Phi) is 6.95. The van der Waals surface area contributed by atoms with Crippen LogP contribution >= 0.6 is 0 Å². The van der Waals surface area contributed by atoms with Crippen LogP contribution in [0.3, 0.4) is 0 Å². The summed E-state index contributed by atoms with van der Waals surface area (Å²) in [4.78, 5) is 17.9. The van der Waals surface area contributed by atoms with E-state index in [0.717, 1.165) is 45.3 Å². The molecule has 0 N–H and O–H groups in total. The Morgan fingerprint density at radius 3 is 2.29 bits per heavy atom. The summed E-state index contributed by atoms with van der Waals surface area (Å²) in [6.07, 6.45) is 15.3. The van der Waals surface area contributed by atoms with Crippen LogP contribution in [0.1, 0.15) is 77.0 Å². The van der Waals surface area contributed by atoms with Gasteiger partial charge in [0.05, 0.1) is 19.3 Å². The Morgan fingerprint density at radius 2 is 1.61 bits per heavy atom. The first-order chi connectivity index (χ1) is 13.7. The first kappa shape index (κ1) is 20.6. The SMILES string of the molecule is COCCOC1CN(C2CCN(C(=O)C3CCCCC3)CC2)C12CCCCC2. The van der Waals surface area contributed by atoms with Crippen LogP contribution in [0.25, 0.3) is 0 Å². The van der Waals surface area contributed by atoms with Gasteiger partial charge in [0.2, 0.25) is 5.91 Å². The van der Waals surface area contributed by atoms with Gasteiger partial charge < -0.3 is 14.4 Å². The van der Waals surface area contributed by atoms with E-state index >= 15 is 0 Å². The van der Waals surface area contributed by atoms with E-state index in [2.05, 4.69) is 9.80 Å². The van der Waals surface area contributed by atoms with Crippen LogP contribution in [0.5, 0.6) is 0 Å². The van der Waals surface area contributed by atoms with Crippen LogP contribution in [0, 0.1) is 5.92 Å². The molecular formula is C23H40N2O3. The molecule has 2 aliphatic heterocycles. The molecule has 1 atom stereocenters. The molecule has 4 rings (SSSR count). The quantitative estimate of drug-likeness (QED) is 0.648. The lowest BCUT2D eigenvalue weighted by Crippen LogP contribution is -2.75. The molecule has 4 aliphatic rings. The average molecular weight is 393 g/mol. The van der Waals surface area contributed by atoms with Gasteiger partial charge in [-0.05, 0) is 38.5 Å². The van der Waals surface area contributed by atoms with Gasteiger partial charge in [-0.2, -0.15) is 0 Å². The molecule has 0 radical (unpaired) electrons. The fourth-order valence-corrected chi connectivity index (χ4v) is 6.38. The number of hydrogen-bond donors (Lipinski definition) is 0. The van der Waals surface area contributed by atoms with Crippen LogP contribution in [0.4, 0.5) is 0 Å². The zero-order valence-corrected chi connectivity index (χ0v) is 17.9. The minimum Gasteiger partial charge on any atom is -0.382 e. The molecule has 2 saturated carbocycles. The summed E-state index contributed by atoms with van der Waals surface area (Å²) in [7, 11) is 1.75. The number of likely N-dealkylation sites (tertiary alicyclic amines) is 2. The molecule has 5 heteroatoms. The van der Waals surface area contributed by atoms with Crippen molar-refractivity contribution in [1.29, 1.82) is 0 Å². The number of ether oxygens (including phenoxy) is 2. The molecule has 0 aromatic heterocycles. The molecule has 1 unspecified atom stereocenters. The van der Waals surface area contributed by atoms with E-state index in [4.69, 9.17) is 9.47 Å². The number of piperidine rings is 1. The Morgan fingerprint density at radius 1 is 0.929 bits per heavy atom. The van der Waals surface area contributed by atoms with E-state index in [9.17, 15) is 4.79 Å². The van der Waals surface area contributed by atoms with Crippen molar-refractivity contribution in [2.24, 2.45) is 5.92 Å². The molecule has 4 fully saturated rings. The predicted molar refractivity (Wildman–Crippen MR) is 110 cm³/mol. The maximum absolute atomic E-state index is 12.9. The van der Waals surface area contributed by atoms with Crippen molar-refractivity contribution in [3.63, 3.8) is 0 Å². The molecule has 2 aliphatic carbocycles. The van der Waals surface area contributed by atoms with Crippen LogP contribution in [-0.2, 0) is 14.3 Å². The third kappa shape index (κ3) is 4.13. The molecule has 0 aromatic rings. The smallest absolute Gasteiger partial charge is 0.225 e. The zero-order valence-electron chi connectivity index (χ0n) is 17.9. The first-order valence-corrected chi connectivity index (χ1v) is 11.9. The van der Waals surface area contributed by atoms with Crippen molar-refractivity contribution in [3.05, 3.63) is 0 Å². The van der Waals surface area contributed by atoms with Gasteiger partial charge in [0.1, 0.15) is 0 Å². The first-order valence-electron chi connectivity index (χ1n) is 11.9. The van der Waals surface area contributed by atoms with Crippen LogP contribution in [-0.4, -0.2) is 73.3 Å². The van der Waals surface area contributed by atoms with Gasteiger partial charge in [-0.1, -0.05) is 38.5 Å². The monoisotopic (exact) mass is 392 g/mol. The van der Waals surface area contributed by atoms with Gasteiger partial charge in [0.25, 0.3) is 0 Å². The topological polar surface area (TPSA) is 42.0 Å². The van der Waals surface area contributed by atoms with Gasteiger partial charge in [-0.15, -0.1) is 0 Å². The van der Waals surface area contributed by atoms with Gasteiger partial charge in [0, 0.05) is 44.2 Å². The van der Waals surface area contributed by atoms with E-state index < -0.39 is 0 Å². The highest BCUT2D eigenvalue weighted by molar-refractivity contribution is 5.79. The summed E-state index contributed by atoms with van der Waals surface area (Å²) in [6, 6.07) is 0.635. The summed E-state index contributed by atoms with van der Waals surface area (Å²) in [6.45, 7) is 4.40. The van der Waals surface area contributed by atoms with Crippen molar-refractivity contribution in [3.8, 4) is 0 Å². The van der Waals surface area contributed by atoms with E-state index in [1.165, 1.54) is 51.4 Å². The predicted octanol–water partition coefficient (Wildman–Crippen LogP) is 3.61. The summed E-state index contributed by atoms with van der Waals surface area (Å²) in [5.74, 6) is 0.771. The maximum Gasteiger partial charge on any atom is 0.225 e. The van der Waals surface area contributed by atoms with Crippen molar-refractivity contribution < 1.29 is 14.3 Å². The van der Waals surface area contributed by atoms with Crippen LogP contribution < -0.4 is 0 Å². The fourth-order valence-electron chi connectivity index (χ4n) is 6.38. The highest BCUT2D eigenvalue weighted by Gasteiger charge is 2.56. The summed E-state index contributed by atoms with van der Waals surface area (Å²) in [5, 5.41) is 0. The number of amides is 1. The van der Waals surface area contributed by atoms with Crippen molar-refractivity contribution in [1.82, 2.24) is 9.80 Å². The molecular weight excluding hydrogens is 352 g/mol. The minimum atomic E-state index is 0.270. The number of carbonyl (C=O) groups is 1. The second-order valence-electron chi connectivity index (χ2n) is 9.56. The van der Waals surface area contributed by atoms with Gasteiger partial charge in [0.15, 0.2) is 0 Å². The van der Waals surface area contributed by atoms with Crippen molar-refractivity contribution in [2.45, 2.75) is 94.7 Å². The van der Waals surface area contributed by atoms with Gasteiger partial charge in [-0.3, -0.25) is 9.69 Å². The molecule has 5 nitrogen and oxygen atoms in total. The summed E-state index contributed by atoms with van der Waals surface area (Å²) < 4.78 is 11.4. The van der Waals surface area contributed by atoms with Crippen molar-refractivity contribution >= 4 is 5.91 Å². The molecule has 1 amide bonds. The Labute approximate surface area is 171 Å². The maximum atomic E-state index is 12.9. The lowest BCUT2D eigenvalue weighted by atomic mass is 9.69. The molecule has 28 heavy (non-hydrogen) atoms. The molecule has 0 bridgehead atoms. The Hall–Kier alpha value is -0.650. The minimum absolute atomic E-state index is 0.270. The molecule has 1 spiro atoms. The number of rotatable bonds is 6. The second kappa shape index (κ2) is 9.44. The molecule has 160 valence electrons. The van der Waals surface area contributed by atoms with E-state index in [1.807, 2.05) is 0 Å². The normalized spacial score (nSPS) is 29.8. The summed E-state index contributed by atoms with van der Waals surface area (Å²) in [5.41, 5.74) is 0.270. The third-order valence-electron chi connectivity index (χ3n) is 8.03. The lowest BCUT2D eigenvalue weighted by molar-refractivity contribution is -0.204. The number of methoxy groups -OCH3 is 1. The fraction of sp³-hybridized carbons (Fsp3) is 0.957.